The topological polar surface area (TPSA) is 35.2 Å². The molecule has 0 radical (unpaired) electrons. The Morgan fingerprint density at radius 3 is 2.56 bits per heavy atom. The van der Waals surface area contributed by atoms with Crippen LogP contribution in [0.3, 0.4) is 0 Å². The van der Waals surface area contributed by atoms with Gasteiger partial charge in [0.2, 0.25) is 0 Å². The van der Waals surface area contributed by atoms with E-state index in [9.17, 15) is 0 Å². The third-order valence-corrected chi connectivity index (χ3v) is 3.18. The molecule has 0 aliphatic rings. The van der Waals surface area contributed by atoms with Crippen molar-refractivity contribution in [3.05, 3.63) is 29.8 Å². The second kappa shape index (κ2) is 8.15. The average Bonchev–Trinajstić information content (AvgIpc) is 2.38. The van der Waals surface area contributed by atoms with Crippen LogP contribution in [0.1, 0.15) is 51.5 Å². The molecule has 1 aromatic carbocycles. The van der Waals surface area contributed by atoms with Gasteiger partial charge in [-0.25, -0.2) is 0 Å². The standard InChI is InChI=1S/C16H27NO/c1-4-14(8-7-11-17)15-9-5-6-10-16(15)18-12-13(2)3/h5-6,9-10,13-14H,4,7-8,11-12,17H2,1-3H3. The van der Waals surface area contributed by atoms with Gasteiger partial charge in [0.25, 0.3) is 0 Å². The van der Waals surface area contributed by atoms with Gasteiger partial charge in [-0.1, -0.05) is 39.0 Å². The highest BCUT2D eigenvalue weighted by Gasteiger charge is 2.14. The molecule has 0 aromatic heterocycles. The lowest BCUT2D eigenvalue weighted by Gasteiger charge is -2.19. The molecule has 1 unspecified atom stereocenters. The largest absolute Gasteiger partial charge is 0.493 e. The summed E-state index contributed by atoms with van der Waals surface area (Å²) in [4.78, 5) is 0. The molecule has 0 aliphatic heterocycles. The van der Waals surface area contributed by atoms with Crippen molar-refractivity contribution in [3.8, 4) is 5.75 Å². The fraction of sp³-hybridized carbons (Fsp3) is 0.625. The summed E-state index contributed by atoms with van der Waals surface area (Å²) < 4.78 is 5.93. The number of hydrogen-bond donors (Lipinski definition) is 1. The summed E-state index contributed by atoms with van der Waals surface area (Å²) in [6.07, 6.45) is 3.37. The molecule has 0 saturated heterocycles. The fourth-order valence-corrected chi connectivity index (χ4v) is 2.15. The highest BCUT2D eigenvalue weighted by molar-refractivity contribution is 5.36. The Bertz CT molecular complexity index is 336. The minimum absolute atomic E-state index is 0.558. The molecule has 1 atom stereocenters. The van der Waals surface area contributed by atoms with Gasteiger partial charge in [-0.15, -0.1) is 0 Å². The van der Waals surface area contributed by atoms with E-state index < -0.39 is 0 Å². The molecule has 2 N–H and O–H groups in total. The molecule has 0 saturated carbocycles. The number of para-hydroxylation sites is 1. The molecule has 2 nitrogen and oxygen atoms in total. The molecule has 0 spiro atoms. The second-order valence-electron chi connectivity index (χ2n) is 5.28. The van der Waals surface area contributed by atoms with Crippen molar-refractivity contribution in [2.24, 2.45) is 11.7 Å². The molecule has 0 amide bonds. The molecule has 1 aromatic rings. The first-order valence-corrected chi connectivity index (χ1v) is 7.10. The van der Waals surface area contributed by atoms with Gasteiger partial charge in [0.05, 0.1) is 6.61 Å². The lowest BCUT2D eigenvalue weighted by atomic mass is 9.91. The van der Waals surface area contributed by atoms with E-state index in [2.05, 4.69) is 45.0 Å². The third-order valence-electron chi connectivity index (χ3n) is 3.18. The highest BCUT2D eigenvalue weighted by atomic mass is 16.5. The number of hydrogen-bond acceptors (Lipinski definition) is 2. The van der Waals surface area contributed by atoms with Gasteiger partial charge < -0.3 is 10.5 Å². The monoisotopic (exact) mass is 249 g/mol. The van der Waals surface area contributed by atoms with Crippen molar-refractivity contribution < 1.29 is 4.74 Å². The van der Waals surface area contributed by atoms with E-state index in [0.717, 1.165) is 38.2 Å². The zero-order chi connectivity index (χ0) is 13.4. The van der Waals surface area contributed by atoms with Crippen LogP contribution >= 0.6 is 0 Å². The van der Waals surface area contributed by atoms with E-state index in [1.807, 2.05) is 0 Å². The molecule has 102 valence electrons. The second-order valence-corrected chi connectivity index (χ2v) is 5.28. The zero-order valence-corrected chi connectivity index (χ0v) is 12.0. The molecule has 0 fully saturated rings. The van der Waals surface area contributed by atoms with E-state index in [0.29, 0.717) is 11.8 Å². The van der Waals surface area contributed by atoms with Crippen molar-refractivity contribution in [1.29, 1.82) is 0 Å². The number of benzene rings is 1. The quantitative estimate of drug-likeness (QED) is 0.757. The van der Waals surface area contributed by atoms with Crippen molar-refractivity contribution in [3.63, 3.8) is 0 Å². The smallest absolute Gasteiger partial charge is 0.122 e. The Morgan fingerprint density at radius 1 is 1.22 bits per heavy atom. The SMILES string of the molecule is CCC(CCCN)c1ccccc1OCC(C)C. The lowest BCUT2D eigenvalue weighted by molar-refractivity contribution is 0.266. The molecule has 18 heavy (non-hydrogen) atoms. The summed E-state index contributed by atoms with van der Waals surface area (Å²) in [5.41, 5.74) is 6.96. The first kappa shape index (κ1) is 15.0. The maximum Gasteiger partial charge on any atom is 0.122 e. The maximum atomic E-state index is 5.93. The van der Waals surface area contributed by atoms with E-state index in [-0.39, 0.29) is 0 Å². The molecular formula is C16H27NO. The van der Waals surface area contributed by atoms with Gasteiger partial charge in [-0.3, -0.25) is 0 Å². The Hall–Kier alpha value is -1.02. The number of nitrogens with two attached hydrogens (primary N) is 1. The van der Waals surface area contributed by atoms with Gasteiger partial charge in [0, 0.05) is 0 Å². The Balaban J connectivity index is 2.78. The van der Waals surface area contributed by atoms with Crippen molar-refractivity contribution in [1.82, 2.24) is 0 Å². The van der Waals surface area contributed by atoms with Gasteiger partial charge >= 0.3 is 0 Å². The first-order valence-electron chi connectivity index (χ1n) is 7.10. The summed E-state index contributed by atoms with van der Waals surface area (Å²) in [5, 5.41) is 0. The summed E-state index contributed by atoms with van der Waals surface area (Å²) in [6, 6.07) is 8.43. The van der Waals surface area contributed by atoms with E-state index in [1.54, 1.807) is 0 Å². The van der Waals surface area contributed by atoms with Crippen molar-refractivity contribution in [2.45, 2.75) is 46.0 Å². The molecule has 0 aliphatic carbocycles. The molecule has 2 heteroatoms. The van der Waals surface area contributed by atoms with Crippen LogP contribution < -0.4 is 10.5 Å². The van der Waals surface area contributed by atoms with E-state index in [1.165, 1.54) is 5.56 Å². The van der Waals surface area contributed by atoms with E-state index in [4.69, 9.17) is 10.5 Å². The van der Waals surface area contributed by atoms with E-state index >= 15 is 0 Å². The summed E-state index contributed by atoms with van der Waals surface area (Å²) in [6.45, 7) is 8.14. The minimum atomic E-state index is 0.558. The van der Waals surface area contributed by atoms with Crippen molar-refractivity contribution >= 4 is 0 Å². The summed E-state index contributed by atoms with van der Waals surface area (Å²) in [5.74, 6) is 2.18. The normalized spacial score (nSPS) is 12.7. The van der Waals surface area contributed by atoms with Gasteiger partial charge in [0.15, 0.2) is 0 Å². The number of ether oxygens (including phenoxy) is 1. The fourth-order valence-electron chi connectivity index (χ4n) is 2.15. The lowest BCUT2D eigenvalue weighted by Crippen LogP contribution is -2.09. The van der Waals surface area contributed by atoms with Gasteiger partial charge in [0.1, 0.15) is 5.75 Å². The third kappa shape index (κ3) is 4.69. The maximum absolute atomic E-state index is 5.93. The Labute approximate surface area is 112 Å². The highest BCUT2D eigenvalue weighted by Crippen LogP contribution is 2.32. The van der Waals surface area contributed by atoms with Crippen LogP contribution in [-0.4, -0.2) is 13.2 Å². The molecule has 0 bridgehead atoms. The van der Waals surface area contributed by atoms with Crippen LogP contribution in [-0.2, 0) is 0 Å². The first-order chi connectivity index (χ1) is 8.69. The average molecular weight is 249 g/mol. The minimum Gasteiger partial charge on any atom is -0.493 e. The van der Waals surface area contributed by atoms with Crippen LogP contribution in [0.25, 0.3) is 0 Å². The molecule has 1 rings (SSSR count). The zero-order valence-electron chi connectivity index (χ0n) is 12.0. The summed E-state index contributed by atoms with van der Waals surface area (Å²) in [7, 11) is 0. The van der Waals surface area contributed by atoms with Crippen LogP contribution in [0, 0.1) is 5.92 Å². The van der Waals surface area contributed by atoms with Gasteiger partial charge in [-0.2, -0.15) is 0 Å². The Kier molecular flexibility index (Phi) is 6.81. The van der Waals surface area contributed by atoms with Gasteiger partial charge in [-0.05, 0) is 49.3 Å². The molecular weight excluding hydrogens is 222 g/mol. The molecule has 0 heterocycles. The number of rotatable bonds is 8. The predicted molar refractivity (Wildman–Crippen MR) is 78.1 cm³/mol. The van der Waals surface area contributed by atoms with Crippen LogP contribution in [0.15, 0.2) is 24.3 Å². The summed E-state index contributed by atoms with van der Waals surface area (Å²) >= 11 is 0. The predicted octanol–water partition coefficient (Wildman–Crippen LogP) is 3.95. The van der Waals surface area contributed by atoms with Crippen LogP contribution in [0.5, 0.6) is 5.75 Å². The Morgan fingerprint density at radius 2 is 1.94 bits per heavy atom. The van der Waals surface area contributed by atoms with Crippen molar-refractivity contribution in [2.75, 3.05) is 13.2 Å². The van der Waals surface area contributed by atoms with Crippen LogP contribution in [0.4, 0.5) is 0 Å². The van der Waals surface area contributed by atoms with Crippen LogP contribution in [0.2, 0.25) is 0 Å².